The Morgan fingerprint density at radius 3 is 2.84 bits per heavy atom. The average Bonchev–Trinajstić information content (AvgIpc) is 2.34. The fourth-order valence-electron chi connectivity index (χ4n) is 3.66. The van der Waals surface area contributed by atoms with Gasteiger partial charge < -0.3 is 15.4 Å². The zero-order chi connectivity index (χ0) is 14.3. The molecule has 0 spiro atoms. The van der Waals surface area contributed by atoms with Gasteiger partial charge in [-0.05, 0) is 19.8 Å². The van der Waals surface area contributed by atoms with Crippen molar-refractivity contribution in [3.8, 4) is 0 Å². The summed E-state index contributed by atoms with van der Waals surface area (Å²) in [6.45, 7) is 10.3. The van der Waals surface area contributed by atoms with Gasteiger partial charge in [0.15, 0.2) is 0 Å². The number of ether oxygens (including phenoxy) is 1. The highest BCUT2D eigenvalue weighted by molar-refractivity contribution is 5.68. The van der Waals surface area contributed by atoms with Crippen LogP contribution in [0.1, 0.15) is 40.5 Å². The molecule has 0 aromatic rings. The summed E-state index contributed by atoms with van der Waals surface area (Å²) >= 11 is 0. The summed E-state index contributed by atoms with van der Waals surface area (Å²) in [5.74, 6) is 0. The molecule has 1 heterocycles. The molecule has 2 atom stereocenters. The highest BCUT2D eigenvalue weighted by atomic mass is 16.6. The van der Waals surface area contributed by atoms with Crippen LogP contribution < -0.4 is 5.73 Å². The first-order valence-corrected chi connectivity index (χ1v) is 7.19. The minimum absolute atomic E-state index is 0.0216. The lowest BCUT2D eigenvalue weighted by Crippen LogP contribution is -2.54. The molecule has 0 aromatic heterocycles. The van der Waals surface area contributed by atoms with Gasteiger partial charge in [0, 0.05) is 30.0 Å². The van der Waals surface area contributed by atoms with Gasteiger partial charge in [0.25, 0.3) is 0 Å². The van der Waals surface area contributed by atoms with Gasteiger partial charge in [-0.1, -0.05) is 32.4 Å². The molecule has 108 valence electrons. The largest absolute Gasteiger partial charge is 0.450 e. The van der Waals surface area contributed by atoms with Crippen molar-refractivity contribution in [3.63, 3.8) is 0 Å². The molecule has 4 nitrogen and oxygen atoms in total. The van der Waals surface area contributed by atoms with Crippen molar-refractivity contribution in [2.45, 2.75) is 46.6 Å². The van der Waals surface area contributed by atoms with E-state index in [9.17, 15) is 4.79 Å². The summed E-state index contributed by atoms with van der Waals surface area (Å²) in [7, 11) is 0. The summed E-state index contributed by atoms with van der Waals surface area (Å²) in [5.41, 5.74) is 7.76. The molecule has 2 rings (SSSR count). The molecule has 1 aliphatic heterocycles. The lowest BCUT2D eigenvalue weighted by atomic mass is 9.57. The maximum Gasteiger partial charge on any atom is 0.410 e. The third-order valence-corrected chi connectivity index (χ3v) is 4.86. The van der Waals surface area contributed by atoms with Crippen molar-refractivity contribution < 1.29 is 9.53 Å². The van der Waals surface area contributed by atoms with Gasteiger partial charge in [-0.15, -0.1) is 0 Å². The van der Waals surface area contributed by atoms with Crippen LogP contribution in [0.25, 0.3) is 0 Å². The maximum absolute atomic E-state index is 11.9. The normalized spacial score (nSPS) is 33.4. The first-order valence-electron chi connectivity index (χ1n) is 7.19. The van der Waals surface area contributed by atoms with Crippen LogP contribution in [0.2, 0.25) is 0 Å². The Labute approximate surface area is 116 Å². The molecule has 0 saturated heterocycles. The van der Waals surface area contributed by atoms with Crippen molar-refractivity contribution >= 4 is 6.09 Å². The van der Waals surface area contributed by atoms with Crippen LogP contribution in [0.3, 0.4) is 0 Å². The summed E-state index contributed by atoms with van der Waals surface area (Å²) in [6, 6.07) is 0.209. The molecule has 1 saturated carbocycles. The standard InChI is InChI=1S/C15H26N2O2/c1-5-19-13(18)17-9-7-11-14(2,3)12(16)6-8-15(11,4)10-17/h7,12H,5-6,8-10,16H2,1-4H3/t12-,15-/m1/s1. The zero-order valence-corrected chi connectivity index (χ0v) is 12.5. The SMILES string of the molecule is CCOC(=O)N1CC=C2C(C)(C)[C@H](N)CC[C@]2(C)C1. The van der Waals surface area contributed by atoms with Crippen molar-refractivity contribution in [1.29, 1.82) is 0 Å². The second kappa shape index (κ2) is 4.82. The molecule has 2 aliphatic rings. The maximum atomic E-state index is 11.9. The highest BCUT2D eigenvalue weighted by Gasteiger charge is 2.48. The Morgan fingerprint density at radius 1 is 1.53 bits per heavy atom. The number of carbonyl (C=O) groups is 1. The number of nitrogens with zero attached hydrogens (tertiary/aromatic N) is 1. The van der Waals surface area contributed by atoms with Crippen molar-refractivity contribution in [2.24, 2.45) is 16.6 Å². The van der Waals surface area contributed by atoms with E-state index >= 15 is 0 Å². The summed E-state index contributed by atoms with van der Waals surface area (Å²) in [5, 5.41) is 0. The monoisotopic (exact) mass is 266 g/mol. The van der Waals surface area contributed by atoms with Crippen LogP contribution >= 0.6 is 0 Å². The van der Waals surface area contributed by atoms with Gasteiger partial charge >= 0.3 is 6.09 Å². The summed E-state index contributed by atoms with van der Waals surface area (Å²) in [6.07, 6.45) is 4.04. The first-order chi connectivity index (χ1) is 8.81. The molecular formula is C15H26N2O2. The van der Waals surface area contributed by atoms with Crippen LogP contribution in [-0.2, 0) is 4.74 Å². The number of amides is 1. The molecule has 0 aromatic carbocycles. The molecule has 4 heteroatoms. The van der Waals surface area contributed by atoms with Gasteiger partial charge in [0.05, 0.1) is 6.61 Å². The van der Waals surface area contributed by atoms with E-state index in [1.807, 2.05) is 6.92 Å². The van der Waals surface area contributed by atoms with Gasteiger partial charge in [-0.25, -0.2) is 4.79 Å². The Hall–Kier alpha value is -1.03. The van der Waals surface area contributed by atoms with Crippen LogP contribution in [0.4, 0.5) is 4.79 Å². The van der Waals surface area contributed by atoms with E-state index in [1.54, 1.807) is 4.90 Å². The topological polar surface area (TPSA) is 55.6 Å². The molecule has 2 N–H and O–H groups in total. The van der Waals surface area contributed by atoms with Gasteiger partial charge in [0.2, 0.25) is 0 Å². The number of rotatable bonds is 1. The summed E-state index contributed by atoms with van der Waals surface area (Å²) < 4.78 is 5.11. The Balaban J connectivity index is 2.24. The zero-order valence-electron chi connectivity index (χ0n) is 12.5. The predicted molar refractivity (Wildman–Crippen MR) is 75.8 cm³/mol. The average molecular weight is 266 g/mol. The Morgan fingerprint density at radius 2 is 2.21 bits per heavy atom. The Kier molecular flexibility index (Phi) is 3.65. The van der Waals surface area contributed by atoms with Crippen molar-refractivity contribution in [2.75, 3.05) is 19.7 Å². The predicted octanol–water partition coefficient (Wildman–Crippen LogP) is 2.54. The number of carbonyl (C=O) groups excluding carboxylic acids is 1. The second-order valence-corrected chi connectivity index (χ2v) is 6.62. The molecular weight excluding hydrogens is 240 g/mol. The van der Waals surface area contributed by atoms with Crippen LogP contribution in [-0.4, -0.2) is 36.7 Å². The first kappa shape index (κ1) is 14.4. The third kappa shape index (κ3) is 2.38. The van der Waals surface area contributed by atoms with Crippen molar-refractivity contribution in [3.05, 3.63) is 11.6 Å². The van der Waals surface area contributed by atoms with Crippen LogP contribution in [0.5, 0.6) is 0 Å². The number of nitrogens with two attached hydrogens (primary N) is 1. The lowest BCUT2D eigenvalue weighted by Gasteiger charge is -2.52. The Bertz CT molecular complexity index is 403. The molecule has 1 amide bonds. The number of hydrogen-bond acceptors (Lipinski definition) is 3. The van der Waals surface area contributed by atoms with E-state index in [1.165, 1.54) is 5.57 Å². The molecule has 19 heavy (non-hydrogen) atoms. The van der Waals surface area contributed by atoms with E-state index in [0.717, 1.165) is 19.4 Å². The molecule has 0 radical (unpaired) electrons. The van der Waals surface area contributed by atoms with Gasteiger partial charge in [-0.3, -0.25) is 0 Å². The fourth-order valence-corrected chi connectivity index (χ4v) is 3.66. The fraction of sp³-hybridized carbons (Fsp3) is 0.800. The van der Waals surface area contributed by atoms with E-state index < -0.39 is 0 Å². The molecule has 1 aliphatic carbocycles. The number of hydrogen-bond donors (Lipinski definition) is 1. The highest BCUT2D eigenvalue weighted by Crippen LogP contribution is 2.51. The summed E-state index contributed by atoms with van der Waals surface area (Å²) in [4.78, 5) is 13.7. The smallest absolute Gasteiger partial charge is 0.410 e. The minimum atomic E-state index is -0.202. The third-order valence-electron chi connectivity index (χ3n) is 4.86. The minimum Gasteiger partial charge on any atom is -0.450 e. The van der Waals surface area contributed by atoms with E-state index in [2.05, 4.69) is 26.8 Å². The lowest BCUT2D eigenvalue weighted by molar-refractivity contribution is 0.0713. The van der Waals surface area contributed by atoms with Crippen LogP contribution in [0.15, 0.2) is 11.6 Å². The number of fused-ring (bicyclic) bond motifs is 1. The van der Waals surface area contributed by atoms with E-state index in [0.29, 0.717) is 13.2 Å². The van der Waals surface area contributed by atoms with Crippen LogP contribution in [0, 0.1) is 10.8 Å². The van der Waals surface area contributed by atoms with Gasteiger partial charge in [0.1, 0.15) is 0 Å². The molecule has 1 fully saturated rings. The molecule has 0 unspecified atom stereocenters. The van der Waals surface area contributed by atoms with Crippen molar-refractivity contribution in [1.82, 2.24) is 4.90 Å². The molecule has 0 bridgehead atoms. The second-order valence-electron chi connectivity index (χ2n) is 6.62. The van der Waals surface area contributed by atoms with E-state index in [4.69, 9.17) is 10.5 Å². The van der Waals surface area contributed by atoms with E-state index in [-0.39, 0.29) is 23.0 Å². The quantitative estimate of drug-likeness (QED) is 0.742. The van der Waals surface area contributed by atoms with Gasteiger partial charge in [-0.2, -0.15) is 0 Å².